The van der Waals surface area contributed by atoms with E-state index >= 15 is 0 Å². The van der Waals surface area contributed by atoms with Crippen LogP contribution in [0.15, 0.2) is 30.3 Å². The summed E-state index contributed by atoms with van der Waals surface area (Å²) in [5.74, 6) is -0.0385. The van der Waals surface area contributed by atoms with Crippen LogP contribution in [0.3, 0.4) is 0 Å². The van der Waals surface area contributed by atoms with E-state index in [0.29, 0.717) is 32.4 Å². The number of nitrogens with one attached hydrogen (secondary N) is 4. The van der Waals surface area contributed by atoms with Crippen molar-refractivity contribution in [3.8, 4) is 0 Å². The van der Waals surface area contributed by atoms with Crippen molar-refractivity contribution < 1.29 is 14.4 Å². The number of fused-ring (bicyclic) bond motifs is 1. The van der Waals surface area contributed by atoms with Gasteiger partial charge in [0.15, 0.2) is 0 Å². The normalized spacial score (nSPS) is 24.4. The molecule has 0 unspecified atom stereocenters. The Morgan fingerprint density at radius 3 is 2.71 bits per heavy atom. The summed E-state index contributed by atoms with van der Waals surface area (Å²) in [6.45, 7) is 4.95. The number of urea groups is 1. The van der Waals surface area contributed by atoms with Crippen LogP contribution in [-0.2, 0) is 9.59 Å². The van der Waals surface area contributed by atoms with E-state index < -0.39 is 0 Å². The van der Waals surface area contributed by atoms with Gasteiger partial charge >= 0.3 is 6.03 Å². The first-order valence-electron chi connectivity index (χ1n) is 9.87. The van der Waals surface area contributed by atoms with Gasteiger partial charge in [0, 0.05) is 43.3 Å². The molecular formula is C20H29N5O3. The highest BCUT2D eigenvalue weighted by Crippen LogP contribution is 2.26. The number of hydrogen-bond donors (Lipinski definition) is 4. The van der Waals surface area contributed by atoms with E-state index in [2.05, 4.69) is 26.2 Å². The molecule has 0 spiro atoms. The van der Waals surface area contributed by atoms with Gasteiger partial charge in [-0.2, -0.15) is 0 Å². The Labute approximate surface area is 165 Å². The van der Waals surface area contributed by atoms with Crippen molar-refractivity contribution in [3.05, 3.63) is 30.3 Å². The average molecular weight is 387 g/mol. The number of carbonyl (C=O) groups excluding carboxylic acids is 3. The lowest BCUT2D eigenvalue weighted by molar-refractivity contribution is -0.129. The second-order valence-electron chi connectivity index (χ2n) is 7.77. The van der Waals surface area contributed by atoms with E-state index in [9.17, 15) is 14.4 Å². The Morgan fingerprint density at radius 1 is 1.25 bits per heavy atom. The summed E-state index contributed by atoms with van der Waals surface area (Å²) in [4.78, 5) is 38.6. The number of carbonyl (C=O) groups is 3. The van der Waals surface area contributed by atoms with E-state index in [1.165, 1.54) is 0 Å². The molecule has 0 saturated carbocycles. The summed E-state index contributed by atoms with van der Waals surface area (Å²) < 4.78 is 0. The molecule has 2 heterocycles. The van der Waals surface area contributed by atoms with Gasteiger partial charge in [0.1, 0.15) is 0 Å². The van der Waals surface area contributed by atoms with Crippen molar-refractivity contribution in [1.29, 1.82) is 0 Å². The van der Waals surface area contributed by atoms with Crippen LogP contribution in [0, 0.1) is 0 Å². The van der Waals surface area contributed by atoms with Crippen molar-refractivity contribution in [3.63, 3.8) is 0 Å². The summed E-state index contributed by atoms with van der Waals surface area (Å²) in [5, 5.41) is 11.6. The summed E-state index contributed by atoms with van der Waals surface area (Å²) in [7, 11) is 0. The molecule has 4 amide bonds. The molecule has 2 fully saturated rings. The number of rotatable bonds is 6. The predicted octanol–water partition coefficient (Wildman–Crippen LogP) is 1.05. The lowest BCUT2D eigenvalue weighted by Crippen LogP contribution is -2.58. The van der Waals surface area contributed by atoms with E-state index in [0.717, 1.165) is 5.69 Å². The van der Waals surface area contributed by atoms with Crippen LogP contribution < -0.4 is 21.3 Å². The molecule has 0 aromatic heterocycles. The minimum Gasteiger partial charge on any atom is -0.353 e. The first-order chi connectivity index (χ1) is 13.4. The summed E-state index contributed by atoms with van der Waals surface area (Å²) in [5.41, 5.74) is 0.781. The Bertz CT molecular complexity index is 709. The van der Waals surface area contributed by atoms with Gasteiger partial charge in [-0.25, -0.2) is 4.79 Å². The van der Waals surface area contributed by atoms with Crippen LogP contribution in [-0.4, -0.2) is 60.0 Å². The lowest BCUT2D eigenvalue weighted by Gasteiger charge is -2.37. The van der Waals surface area contributed by atoms with Gasteiger partial charge in [-0.15, -0.1) is 0 Å². The maximum atomic E-state index is 12.2. The third-order valence-corrected chi connectivity index (χ3v) is 5.14. The highest BCUT2D eigenvalue weighted by molar-refractivity contribution is 5.90. The van der Waals surface area contributed by atoms with Crippen LogP contribution in [0.2, 0.25) is 0 Å². The molecule has 4 N–H and O–H groups in total. The summed E-state index contributed by atoms with van der Waals surface area (Å²) >= 11 is 0. The van der Waals surface area contributed by atoms with Crippen LogP contribution in [0.5, 0.6) is 0 Å². The molecule has 1 aromatic carbocycles. The molecule has 3 rings (SSSR count). The molecule has 1 aromatic rings. The zero-order valence-corrected chi connectivity index (χ0v) is 16.4. The Kier molecular flexibility index (Phi) is 6.51. The first-order valence-corrected chi connectivity index (χ1v) is 9.87. The molecule has 3 atom stereocenters. The fourth-order valence-corrected chi connectivity index (χ4v) is 3.88. The zero-order chi connectivity index (χ0) is 20.1. The molecule has 2 aliphatic rings. The van der Waals surface area contributed by atoms with Gasteiger partial charge in [-0.3, -0.25) is 14.5 Å². The van der Waals surface area contributed by atoms with Gasteiger partial charge in [-0.05, 0) is 38.8 Å². The average Bonchev–Trinajstić information content (AvgIpc) is 3.06. The van der Waals surface area contributed by atoms with Gasteiger partial charge in [-0.1, -0.05) is 18.2 Å². The van der Waals surface area contributed by atoms with Crippen LogP contribution in [0.25, 0.3) is 0 Å². The zero-order valence-electron chi connectivity index (χ0n) is 16.4. The van der Waals surface area contributed by atoms with Crippen LogP contribution in [0.4, 0.5) is 10.5 Å². The number of benzene rings is 1. The monoisotopic (exact) mass is 387 g/mol. The fourth-order valence-electron chi connectivity index (χ4n) is 3.88. The lowest BCUT2D eigenvalue weighted by atomic mass is 10.0. The maximum Gasteiger partial charge on any atom is 0.315 e. The quantitative estimate of drug-likeness (QED) is 0.586. The van der Waals surface area contributed by atoms with Crippen molar-refractivity contribution in [1.82, 2.24) is 20.9 Å². The van der Waals surface area contributed by atoms with Crippen molar-refractivity contribution in [2.75, 3.05) is 18.4 Å². The molecule has 2 saturated heterocycles. The number of piperazine rings is 1. The maximum absolute atomic E-state index is 12.2. The van der Waals surface area contributed by atoms with Gasteiger partial charge in [0.25, 0.3) is 0 Å². The molecule has 28 heavy (non-hydrogen) atoms. The van der Waals surface area contributed by atoms with Crippen molar-refractivity contribution in [2.45, 2.75) is 57.3 Å². The summed E-state index contributed by atoms with van der Waals surface area (Å²) in [6, 6.07) is 8.98. The molecule has 152 valence electrons. The smallest absolute Gasteiger partial charge is 0.315 e. The van der Waals surface area contributed by atoms with E-state index in [1.54, 1.807) is 0 Å². The molecular weight excluding hydrogens is 358 g/mol. The van der Waals surface area contributed by atoms with Gasteiger partial charge < -0.3 is 21.3 Å². The second kappa shape index (κ2) is 9.05. The predicted molar refractivity (Wildman–Crippen MR) is 107 cm³/mol. The molecule has 0 radical (unpaired) electrons. The Morgan fingerprint density at radius 2 is 2.00 bits per heavy atom. The van der Waals surface area contributed by atoms with Gasteiger partial charge in [0.2, 0.25) is 11.8 Å². The van der Waals surface area contributed by atoms with Crippen molar-refractivity contribution >= 4 is 23.5 Å². The topological polar surface area (TPSA) is 103 Å². The number of anilines is 1. The molecule has 0 bridgehead atoms. The van der Waals surface area contributed by atoms with Gasteiger partial charge in [0.05, 0.1) is 6.04 Å². The van der Waals surface area contributed by atoms with E-state index in [4.69, 9.17) is 0 Å². The van der Waals surface area contributed by atoms with Crippen molar-refractivity contribution in [2.24, 2.45) is 0 Å². The first kappa shape index (κ1) is 20.1. The highest BCUT2D eigenvalue weighted by atomic mass is 16.2. The highest BCUT2D eigenvalue weighted by Gasteiger charge is 2.43. The fraction of sp³-hybridized carbons (Fsp3) is 0.550. The summed E-state index contributed by atoms with van der Waals surface area (Å²) in [6.07, 6.45) is 1.62. The minimum absolute atomic E-state index is 0.00134. The largest absolute Gasteiger partial charge is 0.353 e. The Balaban J connectivity index is 1.52. The molecule has 8 nitrogen and oxygen atoms in total. The van der Waals surface area contributed by atoms with Crippen LogP contribution >= 0.6 is 0 Å². The van der Waals surface area contributed by atoms with E-state index in [1.807, 2.05) is 44.2 Å². The SMILES string of the molecule is CC(C)NC(=O)N[C@@H]1C[C@H]2C(=O)NC[C@@H](CCC(=O)Nc3ccccc3)N2C1. The Hall–Kier alpha value is -2.61. The number of para-hydroxylation sites is 1. The number of hydrogen-bond acceptors (Lipinski definition) is 4. The number of nitrogens with zero attached hydrogens (tertiary/aromatic N) is 1. The van der Waals surface area contributed by atoms with E-state index in [-0.39, 0.29) is 42.0 Å². The van der Waals surface area contributed by atoms with Crippen LogP contribution in [0.1, 0.15) is 33.1 Å². The number of amides is 4. The second-order valence-corrected chi connectivity index (χ2v) is 7.77. The minimum atomic E-state index is -0.250. The molecule has 0 aliphatic carbocycles. The standard InChI is InChI=1S/C20H29N5O3/c1-13(2)22-20(28)24-15-10-17-19(27)21-11-16(25(17)12-15)8-9-18(26)23-14-6-4-3-5-7-14/h3-7,13,15-17H,8-12H2,1-2H3,(H,21,27)(H,23,26)(H2,22,24,28)/t15-,16-,17+/m1/s1. The molecule has 8 heteroatoms. The third-order valence-electron chi connectivity index (χ3n) is 5.14. The third kappa shape index (κ3) is 5.22. The molecule has 2 aliphatic heterocycles.